The molecule has 0 unspecified atom stereocenters. The number of benzene rings is 8. The number of rotatable bonds is 8. The molecule has 118 heavy (non-hydrogen) atoms. The van der Waals surface area contributed by atoms with Crippen molar-refractivity contribution in [2.75, 3.05) is 21.3 Å². The number of oxazole rings is 2. The number of nitrogens with one attached hydrogen (secondary N) is 4. The number of thiazole rings is 2. The molecule has 0 amide bonds. The van der Waals surface area contributed by atoms with E-state index in [1.165, 1.54) is 12.8 Å². The minimum Gasteiger partial charge on any atom is -0.443 e. The third kappa shape index (κ3) is 14.5. The van der Waals surface area contributed by atoms with Gasteiger partial charge in [-0.25, -0.2) is 39.9 Å². The Balaban J connectivity index is 0.000000113. The molecule has 0 bridgehead atoms. The summed E-state index contributed by atoms with van der Waals surface area (Å²) in [5, 5.41) is 52.0. The predicted molar refractivity (Wildman–Crippen MR) is 477 cm³/mol. The maximum absolute atomic E-state index is 9.51. The Morgan fingerprint density at radius 1 is 0.339 bits per heavy atom. The molecule has 564 valence electrons. The van der Waals surface area contributed by atoms with E-state index in [0.29, 0.717) is 43.4 Å². The van der Waals surface area contributed by atoms with Crippen LogP contribution in [0.15, 0.2) is 264 Å². The zero-order valence-electron chi connectivity index (χ0n) is 63.5. The molecular formula is C96H62Cl2N16O2S2. The van der Waals surface area contributed by atoms with Gasteiger partial charge < -0.3 is 30.1 Å². The predicted octanol–water partition coefficient (Wildman–Crippen LogP) is 25.0. The highest BCUT2D eigenvalue weighted by molar-refractivity contribution is 7.17. The van der Waals surface area contributed by atoms with Gasteiger partial charge in [-0.15, -0.1) is 22.7 Å². The van der Waals surface area contributed by atoms with Gasteiger partial charge in [0.05, 0.1) is 111 Å². The summed E-state index contributed by atoms with van der Waals surface area (Å²) in [6.07, 6.45) is 18.5. The van der Waals surface area contributed by atoms with Crippen LogP contribution in [-0.2, 0) is 0 Å². The molecule has 18 nitrogen and oxygen atoms in total. The fourth-order valence-electron chi connectivity index (χ4n) is 14.5. The molecule has 0 spiro atoms. The van der Waals surface area contributed by atoms with E-state index in [4.69, 9.17) is 52.0 Å². The number of nitrogens with zero attached hydrogens (tertiary/aromatic N) is 12. The fourth-order valence-corrected chi connectivity index (χ4v) is 16.6. The summed E-state index contributed by atoms with van der Waals surface area (Å²) >= 11 is 16.2. The smallest absolute Gasteiger partial charge is 0.182 e. The highest BCUT2D eigenvalue weighted by Crippen LogP contribution is 2.46. The van der Waals surface area contributed by atoms with Crippen LogP contribution in [-0.4, -0.2) is 39.9 Å². The Hall–Kier alpha value is -15.3. The van der Waals surface area contributed by atoms with E-state index in [1.807, 2.05) is 191 Å². The maximum Gasteiger partial charge on any atom is 0.182 e. The van der Waals surface area contributed by atoms with Crippen molar-refractivity contribution in [3.05, 3.63) is 332 Å². The molecule has 12 heterocycles. The van der Waals surface area contributed by atoms with Crippen LogP contribution in [0.2, 0.25) is 10.0 Å². The van der Waals surface area contributed by atoms with E-state index >= 15 is 0 Å². The monoisotopic (exact) mass is 1600 g/mol. The molecule has 0 aliphatic carbocycles. The lowest BCUT2D eigenvalue weighted by molar-refractivity contribution is 0.602. The lowest BCUT2D eigenvalue weighted by Gasteiger charge is -2.19. The molecule has 8 aromatic carbocycles. The van der Waals surface area contributed by atoms with E-state index in [9.17, 15) is 21.0 Å². The van der Waals surface area contributed by atoms with Gasteiger partial charge in [-0.2, -0.15) is 21.0 Å². The SMILES string of the molecule is C=C1C=Cc2cc(-c3cc(Cl)c4ncoc4c3)c(-c3cccc(C#N)c3C)nc2N1.C=C1C=Cc2cc(-c3cc(Cl)c4ncsc4c3)c(-c3cccc(C#N)c3C)nc2N1.C=C1C=Cc2cc(-c3ccc4ncoc4c3)c(-c3cccc(C#N)c3C)nc2N1.C=C1C=Cc2cc(-c3ccc4ncsc4c3)c(-c3cccc(C#N)c3C)nc2N1. The summed E-state index contributed by atoms with van der Waals surface area (Å²) in [6, 6.07) is 60.3. The molecule has 0 radical (unpaired) electrons. The van der Waals surface area contributed by atoms with Crippen LogP contribution >= 0.6 is 45.9 Å². The molecule has 20 rings (SSSR count). The fraction of sp³-hybridized carbons (Fsp3) is 0.0417. The summed E-state index contributed by atoms with van der Waals surface area (Å²) < 4.78 is 13.2. The number of nitriles is 4. The zero-order valence-corrected chi connectivity index (χ0v) is 66.7. The van der Waals surface area contributed by atoms with Crippen molar-refractivity contribution in [2.24, 2.45) is 0 Å². The molecule has 8 aromatic heterocycles. The van der Waals surface area contributed by atoms with Crippen LogP contribution in [0.3, 0.4) is 0 Å². The van der Waals surface area contributed by atoms with Crippen molar-refractivity contribution < 1.29 is 8.83 Å². The van der Waals surface area contributed by atoms with Gasteiger partial charge in [-0.3, -0.25) is 0 Å². The largest absolute Gasteiger partial charge is 0.443 e. The normalized spacial score (nSPS) is 12.5. The summed E-state index contributed by atoms with van der Waals surface area (Å²) in [5.74, 6) is 2.98. The van der Waals surface area contributed by atoms with Gasteiger partial charge in [0.25, 0.3) is 0 Å². The van der Waals surface area contributed by atoms with Crippen molar-refractivity contribution >= 4 is 136 Å². The first-order valence-electron chi connectivity index (χ1n) is 36.9. The second kappa shape index (κ2) is 31.6. The third-order valence-corrected chi connectivity index (χ3v) is 22.8. The molecule has 4 aliphatic rings. The van der Waals surface area contributed by atoms with Crippen molar-refractivity contribution in [3.63, 3.8) is 0 Å². The average molecular weight is 1610 g/mol. The summed E-state index contributed by atoms with van der Waals surface area (Å²) in [4.78, 5) is 36.9. The summed E-state index contributed by atoms with van der Waals surface area (Å²) in [5.41, 5.74) is 35.8. The van der Waals surface area contributed by atoms with Gasteiger partial charge in [0.15, 0.2) is 24.0 Å². The van der Waals surface area contributed by atoms with E-state index in [-0.39, 0.29) is 0 Å². The minimum atomic E-state index is 0.504. The zero-order chi connectivity index (χ0) is 81.6. The third-order valence-electron chi connectivity index (χ3n) is 20.7. The Kier molecular flexibility index (Phi) is 20.2. The van der Waals surface area contributed by atoms with Crippen molar-refractivity contribution in [1.29, 1.82) is 21.0 Å². The number of hydrogen-bond acceptors (Lipinski definition) is 20. The van der Waals surface area contributed by atoms with E-state index in [2.05, 4.69) is 134 Å². The highest BCUT2D eigenvalue weighted by Gasteiger charge is 2.26. The quantitative estimate of drug-likeness (QED) is 0.110. The first-order chi connectivity index (χ1) is 57.4. The van der Waals surface area contributed by atoms with Crippen molar-refractivity contribution in [1.82, 2.24) is 39.9 Å². The minimum absolute atomic E-state index is 0.504. The molecule has 0 fully saturated rings. The van der Waals surface area contributed by atoms with E-state index in [0.717, 1.165) is 212 Å². The number of aromatic nitrogens is 8. The number of pyridine rings is 4. The Bertz CT molecular complexity index is 6900. The van der Waals surface area contributed by atoms with Crippen LogP contribution in [0.1, 0.15) is 66.8 Å². The molecule has 0 saturated carbocycles. The molecule has 0 atom stereocenters. The number of halogens is 2. The number of hydrogen-bond donors (Lipinski definition) is 4. The van der Waals surface area contributed by atoms with E-state index < -0.39 is 0 Å². The second-order valence-corrected chi connectivity index (χ2v) is 30.6. The maximum atomic E-state index is 9.51. The summed E-state index contributed by atoms with van der Waals surface area (Å²) in [7, 11) is 0. The molecule has 16 aromatic rings. The van der Waals surface area contributed by atoms with Gasteiger partial charge >= 0.3 is 0 Å². The van der Waals surface area contributed by atoms with Crippen LogP contribution in [0.25, 0.3) is 156 Å². The lowest BCUT2D eigenvalue weighted by Crippen LogP contribution is -2.06. The highest BCUT2D eigenvalue weighted by atomic mass is 35.5. The molecule has 4 N–H and O–H groups in total. The van der Waals surface area contributed by atoms with Crippen LogP contribution < -0.4 is 21.3 Å². The Morgan fingerprint density at radius 3 is 1.12 bits per heavy atom. The van der Waals surface area contributed by atoms with Gasteiger partial charge in [0.2, 0.25) is 0 Å². The first kappa shape index (κ1) is 75.4. The van der Waals surface area contributed by atoms with Gasteiger partial charge in [0, 0.05) is 89.5 Å². The standard InChI is InChI=1S/C24H15ClN4O.C24H15ClN4S.C24H16N4O.C24H16N4S/c2*1-13-6-7-15-8-19(17-9-20(25)23-21(10-17)30-12-27-23)22(29-24(15)28-13)18-5-3-4-16(11-26)14(18)2;2*1-14-6-7-17-10-20(16-8-9-21-22(11-16)29-13-26-21)23(28-24(17)27-14)19-5-3-4-18(12-25)15(19)2/h2*3-10,12H,1H2,2H3,(H,28,29);2*3-11,13H,1H2,2H3,(H,27,28). The van der Waals surface area contributed by atoms with Gasteiger partial charge in [-0.05, 0) is 218 Å². The molecular weight excluding hydrogens is 1540 g/mol. The van der Waals surface area contributed by atoms with Crippen LogP contribution in [0.4, 0.5) is 23.3 Å². The second-order valence-electron chi connectivity index (χ2n) is 28.0. The number of anilines is 4. The van der Waals surface area contributed by atoms with Crippen molar-refractivity contribution in [3.8, 4) is 114 Å². The number of fused-ring (bicyclic) bond motifs is 8. The van der Waals surface area contributed by atoms with Crippen LogP contribution in [0, 0.1) is 73.0 Å². The van der Waals surface area contributed by atoms with Crippen LogP contribution in [0.5, 0.6) is 0 Å². The Morgan fingerprint density at radius 2 is 0.686 bits per heavy atom. The number of allylic oxidation sites excluding steroid dienone is 4. The average Bonchev–Trinajstić information content (AvgIpc) is 1.20. The van der Waals surface area contributed by atoms with Gasteiger partial charge in [0.1, 0.15) is 34.3 Å². The lowest BCUT2D eigenvalue weighted by atomic mass is 9.92. The topological polar surface area (TPSA) is 273 Å². The van der Waals surface area contributed by atoms with E-state index in [1.54, 1.807) is 34.3 Å². The first-order valence-corrected chi connectivity index (χ1v) is 39.4. The summed E-state index contributed by atoms with van der Waals surface area (Å²) in [6.45, 7) is 23.7. The van der Waals surface area contributed by atoms with Crippen molar-refractivity contribution in [2.45, 2.75) is 27.7 Å². The van der Waals surface area contributed by atoms with Gasteiger partial charge in [-0.1, -0.05) is 110 Å². The Labute approximate surface area is 695 Å². The molecule has 0 saturated heterocycles. The molecule has 22 heteroatoms. The molecule has 4 aliphatic heterocycles.